The van der Waals surface area contributed by atoms with E-state index in [0.717, 1.165) is 0 Å². The summed E-state index contributed by atoms with van der Waals surface area (Å²) in [6.07, 6.45) is 1.76. The zero-order valence-corrected chi connectivity index (χ0v) is 15.7. The lowest BCUT2D eigenvalue weighted by molar-refractivity contribution is 0.261. The maximum absolute atomic E-state index is 13.9. The van der Waals surface area contributed by atoms with Gasteiger partial charge in [-0.15, -0.1) is 0 Å². The molecule has 1 aromatic carbocycles. The van der Waals surface area contributed by atoms with E-state index in [-0.39, 0.29) is 29.6 Å². The molecular formula is C18H15ClFN3O3S. The minimum atomic E-state index is -3.76. The van der Waals surface area contributed by atoms with Crippen LogP contribution in [0.4, 0.5) is 4.39 Å². The number of nitrogens with zero attached hydrogens (tertiary/aromatic N) is 3. The number of epoxide rings is 1. The average Bonchev–Trinajstić information content (AvgIpc) is 3.32. The summed E-state index contributed by atoms with van der Waals surface area (Å²) in [6.45, 7) is 0.966. The molecule has 2 saturated heterocycles. The first-order chi connectivity index (χ1) is 12.8. The molecule has 2 atom stereocenters. The number of rotatable bonds is 4. The summed E-state index contributed by atoms with van der Waals surface area (Å²) in [5.74, 6) is -0.680. The van der Waals surface area contributed by atoms with Crippen LogP contribution < -0.4 is 0 Å². The van der Waals surface area contributed by atoms with Gasteiger partial charge >= 0.3 is 0 Å². The molecule has 0 saturated carbocycles. The number of aromatic nitrogens is 1. The Hall–Kier alpha value is -2.05. The molecule has 9 heteroatoms. The third-order valence-corrected chi connectivity index (χ3v) is 7.02. The molecule has 0 unspecified atom stereocenters. The predicted molar refractivity (Wildman–Crippen MR) is 95.0 cm³/mol. The molecule has 1 aromatic heterocycles. The maximum atomic E-state index is 13.9. The van der Waals surface area contributed by atoms with E-state index in [2.05, 4.69) is 4.98 Å². The van der Waals surface area contributed by atoms with Crippen LogP contribution >= 0.6 is 11.6 Å². The first kappa shape index (κ1) is 18.3. The number of ether oxygens (including phenoxy) is 1. The van der Waals surface area contributed by atoms with Crippen LogP contribution in [0.25, 0.3) is 0 Å². The van der Waals surface area contributed by atoms with Gasteiger partial charge in [0.2, 0.25) is 0 Å². The highest BCUT2D eigenvalue weighted by Crippen LogP contribution is 2.45. The van der Waals surface area contributed by atoms with Crippen LogP contribution in [-0.4, -0.2) is 43.0 Å². The fraction of sp³-hybridized carbons (Fsp3) is 0.333. The second-order valence-corrected chi connectivity index (χ2v) is 9.11. The van der Waals surface area contributed by atoms with Crippen molar-refractivity contribution >= 4 is 21.6 Å². The number of benzene rings is 1. The SMILES string of the molecule is N#Cc1ccc(C[C@H]2CN(S(=O)(=O)c3ccc(Cl)cn3)C[C@@]23CO3)cc1F. The molecule has 0 aliphatic carbocycles. The number of hydrogen-bond acceptors (Lipinski definition) is 5. The normalized spacial score (nSPS) is 24.9. The maximum Gasteiger partial charge on any atom is 0.260 e. The van der Waals surface area contributed by atoms with Crippen LogP contribution in [0.2, 0.25) is 5.02 Å². The Labute approximate surface area is 161 Å². The van der Waals surface area contributed by atoms with Crippen molar-refractivity contribution in [3.63, 3.8) is 0 Å². The van der Waals surface area contributed by atoms with Gasteiger partial charge in [-0.2, -0.15) is 9.57 Å². The van der Waals surface area contributed by atoms with Crippen molar-refractivity contribution in [1.82, 2.24) is 9.29 Å². The fourth-order valence-corrected chi connectivity index (χ4v) is 5.03. The standard InChI is InChI=1S/C18H15ClFN3O3S/c19-15-3-4-17(22-8-15)27(24,25)23-9-14(18(10-23)11-26-18)5-12-1-2-13(7-21)16(20)6-12/h1-4,6,8,14H,5,9-11H2/t14-,18+/m0/s1. The van der Waals surface area contributed by atoms with Gasteiger partial charge < -0.3 is 4.74 Å². The molecule has 0 amide bonds. The smallest absolute Gasteiger partial charge is 0.260 e. The van der Waals surface area contributed by atoms with Gasteiger partial charge in [0, 0.05) is 25.2 Å². The molecule has 0 N–H and O–H groups in total. The third-order valence-electron chi connectivity index (χ3n) is 5.07. The Morgan fingerprint density at radius 2 is 2.19 bits per heavy atom. The number of halogens is 2. The second-order valence-electron chi connectivity index (χ2n) is 6.79. The summed E-state index contributed by atoms with van der Waals surface area (Å²) in [6, 6.07) is 9.10. The highest BCUT2D eigenvalue weighted by Gasteiger charge is 2.59. The van der Waals surface area contributed by atoms with E-state index in [1.54, 1.807) is 12.1 Å². The molecular weight excluding hydrogens is 393 g/mol. The summed E-state index contributed by atoms with van der Waals surface area (Å²) in [4.78, 5) is 3.92. The van der Waals surface area contributed by atoms with Crippen LogP contribution in [-0.2, 0) is 21.2 Å². The van der Waals surface area contributed by atoms with Crippen LogP contribution in [0.1, 0.15) is 11.1 Å². The monoisotopic (exact) mass is 407 g/mol. The van der Waals surface area contributed by atoms with Crippen LogP contribution in [0.3, 0.4) is 0 Å². The molecule has 3 heterocycles. The first-order valence-electron chi connectivity index (χ1n) is 8.28. The molecule has 4 rings (SSSR count). The lowest BCUT2D eigenvalue weighted by Crippen LogP contribution is -2.31. The Bertz CT molecular complexity index is 1030. The third kappa shape index (κ3) is 3.32. The number of nitriles is 1. The van der Waals surface area contributed by atoms with Crippen LogP contribution in [0.5, 0.6) is 0 Å². The summed E-state index contributed by atoms with van der Waals surface area (Å²) >= 11 is 5.78. The van der Waals surface area contributed by atoms with Crippen molar-refractivity contribution in [3.8, 4) is 6.07 Å². The molecule has 2 fully saturated rings. The van der Waals surface area contributed by atoms with Gasteiger partial charge in [-0.3, -0.25) is 0 Å². The lowest BCUT2D eigenvalue weighted by atomic mass is 9.90. The Morgan fingerprint density at radius 1 is 1.41 bits per heavy atom. The van der Waals surface area contributed by atoms with Gasteiger partial charge in [-0.25, -0.2) is 17.8 Å². The molecule has 0 bridgehead atoms. The number of sulfonamides is 1. The van der Waals surface area contributed by atoms with Gasteiger partial charge in [0.25, 0.3) is 10.0 Å². The predicted octanol–water partition coefficient (Wildman–Crippen LogP) is 2.38. The molecule has 2 aliphatic heterocycles. The number of hydrogen-bond donors (Lipinski definition) is 0. The summed E-state index contributed by atoms with van der Waals surface area (Å²) in [5, 5.41) is 9.14. The van der Waals surface area contributed by atoms with E-state index >= 15 is 0 Å². The molecule has 27 heavy (non-hydrogen) atoms. The van der Waals surface area contributed by atoms with Crippen LogP contribution in [0, 0.1) is 23.1 Å². The highest BCUT2D eigenvalue weighted by atomic mass is 35.5. The van der Waals surface area contributed by atoms with E-state index in [0.29, 0.717) is 23.6 Å². The average molecular weight is 408 g/mol. The topological polar surface area (TPSA) is 86.6 Å². The zero-order chi connectivity index (χ0) is 19.2. The van der Waals surface area contributed by atoms with Gasteiger partial charge in [0.05, 0.1) is 17.2 Å². The summed E-state index contributed by atoms with van der Waals surface area (Å²) in [7, 11) is -3.76. The molecule has 1 spiro atoms. The van der Waals surface area contributed by atoms with Crippen molar-refractivity contribution in [2.45, 2.75) is 17.0 Å². The van der Waals surface area contributed by atoms with Gasteiger partial charge in [0.15, 0.2) is 5.03 Å². The second kappa shape index (κ2) is 6.53. The highest BCUT2D eigenvalue weighted by molar-refractivity contribution is 7.89. The van der Waals surface area contributed by atoms with E-state index in [1.807, 2.05) is 0 Å². The fourth-order valence-electron chi connectivity index (χ4n) is 3.47. The quantitative estimate of drug-likeness (QED) is 0.726. The Balaban J connectivity index is 1.56. The van der Waals surface area contributed by atoms with Crippen LogP contribution in [0.15, 0.2) is 41.6 Å². The zero-order valence-electron chi connectivity index (χ0n) is 14.1. The van der Waals surface area contributed by atoms with Gasteiger partial charge in [-0.1, -0.05) is 17.7 Å². The molecule has 0 radical (unpaired) electrons. The lowest BCUT2D eigenvalue weighted by Gasteiger charge is -2.15. The van der Waals surface area contributed by atoms with Gasteiger partial charge in [-0.05, 0) is 36.2 Å². The molecule has 140 valence electrons. The van der Waals surface area contributed by atoms with E-state index < -0.39 is 21.4 Å². The van der Waals surface area contributed by atoms with Crippen molar-refractivity contribution in [2.75, 3.05) is 19.7 Å². The number of pyridine rings is 1. The largest absolute Gasteiger partial charge is 0.368 e. The minimum Gasteiger partial charge on any atom is -0.368 e. The summed E-state index contributed by atoms with van der Waals surface area (Å²) < 4.78 is 46.6. The van der Waals surface area contributed by atoms with Crippen molar-refractivity contribution in [3.05, 3.63) is 58.5 Å². The minimum absolute atomic E-state index is 0.0134. The van der Waals surface area contributed by atoms with Gasteiger partial charge in [0.1, 0.15) is 17.5 Å². The first-order valence-corrected chi connectivity index (χ1v) is 10.1. The van der Waals surface area contributed by atoms with E-state index in [1.165, 1.54) is 34.8 Å². The Morgan fingerprint density at radius 3 is 2.78 bits per heavy atom. The van der Waals surface area contributed by atoms with Crippen molar-refractivity contribution < 1.29 is 17.5 Å². The Kier molecular flexibility index (Phi) is 4.43. The van der Waals surface area contributed by atoms with Crippen molar-refractivity contribution in [2.24, 2.45) is 5.92 Å². The van der Waals surface area contributed by atoms with E-state index in [4.69, 9.17) is 21.6 Å². The molecule has 2 aliphatic rings. The summed E-state index contributed by atoms with van der Waals surface area (Å²) in [5.41, 5.74) is 0.153. The molecule has 6 nitrogen and oxygen atoms in total. The van der Waals surface area contributed by atoms with E-state index in [9.17, 15) is 12.8 Å². The molecule has 2 aromatic rings. The van der Waals surface area contributed by atoms with Crippen molar-refractivity contribution in [1.29, 1.82) is 5.26 Å².